The molecule has 2 fully saturated rings. The van der Waals surface area contributed by atoms with Crippen molar-refractivity contribution >= 4 is 6.03 Å². The average molecular weight is 341 g/mol. The molecule has 0 radical (unpaired) electrons. The topological polar surface area (TPSA) is 26.8 Å². The highest BCUT2D eigenvalue weighted by Gasteiger charge is 2.44. The first-order valence-electron chi connectivity index (χ1n) is 10.1. The van der Waals surface area contributed by atoms with Gasteiger partial charge in [0.05, 0.1) is 0 Å². The molecule has 2 amide bonds. The monoisotopic (exact) mass is 341 g/mol. The highest BCUT2D eigenvalue weighted by molar-refractivity contribution is 5.75. The maximum Gasteiger partial charge on any atom is 0.320 e. The second-order valence-electron chi connectivity index (χ2n) is 7.81. The fourth-order valence-electron chi connectivity index (χ4n) is 5.31. The van der Waals surface area contributed by atoms with Crippen LogP contribution in [0.4, 0.5) is 4.79 Å². The predicted molar refractivity (Wildman–Crippen MR) is 101 cm³/mol. The Kier molecular flexibility index (Phi) is 4.72. The Balaban J connectivity index is 1.59. The van der Waals surface area contributed by atoms with Gasteiger partial charge in [0.1, 0.15) is 0 Å². The van der Waals surface area contributed by atoms with Gasteiger partial charge in [0.2, 0.25) is 0 Å². The normalized spacial score (nSPS) is 28.7. The molecule has 0 saturated carbocycles. The molecule has 0 bridgehead atoms. The van der Waals surface area contributed by atoms with Gasteiger partial charge in [-0.1, -0.05) is 24.3 Å². The van der Waals surface area contributed by atoms with E-state index in [0.29, 0.717) is 18.0 Å². The summed E-state index contributed by atoms with van der Waals surface area (Å²) < 4.78 is 0. The number of benzene rings is 1. The maximum atomic E-state index is 13.1. The molecule has 136 valence electrons. The number of carbonyl (C=O) groups excluding carboxylic acids is 1. The van der Waals surface area contributed by atoms with Crippen LogP contribution in [-0.2, 0) is 6.42 Å². The van der Waals surface area contributed by atoms with E-state index in [1.165, 1.54) is 30.5 Å². The van der Waals surface area contributed by atoms with Gasteiger partial charge in [0.25, 0.3) is 0 Å². The van der Waals surface area contributed by atoms with Gasteiger partial charge in [-0.2, -0.15) is 0 Å². The number of rotatable bonds is 2. The molecule has 4 heteroatoms. The van der Waals surface area contributed by atoms with Gasteiger partial charge in [-0.15, -0.1) is 0 Å². The lowest BCUT2D eigenvalue weighted by atomic mass is 9.77. The average Bonchev–Trinajstić information content (AvgIpc) is 2.66. The second kappa shape index (κ2) is 6.99. The zero-order chi connectivity index (χ0) is 17.4. The van der Waals surface area contributed by atoms with Crippen molar-refractivity contribution < 1.29 is 4.79 Å². The summed E-state index contributed by atoms with van der Waals surface area (Å²) in [5.41, 5.74) is 3.02. The minimum atomic E-state index is 0.261. The Morgan fingerprint density at radius 3 is 2.80 bits per heavy atom. The van der Waals surface area contributed by atoms with Crippen LogP contribution in [0.5, 0.6) is 0 Å². The zero-order valence-electron chi connectivity index (χ0n) is 15.7. The lowest BCUT2D eigenvalue weighted by Crippen LogP contribution is -2.59. The van der Waals surface area contributed by atoms with Crippen molar-refractivity contribution in [2.45, 2.75) is 51.6 Å². The molecule has 2 saturated heterocycles. The van der Waals surface area contributed by atoms with Gasteiger partial charge < -0.3 is 9.80 Å². The number of urea groups is 1. The fourth-order valence-corrected chi connectivity index (χ4v) is 5.31. The molecule has 0 N–H and O–H groups in total. The van der Waals surface area contributed by atoms with Crippen molar-refractivity contribution in [3.8, 4) is 0 Å². The fraction of sp³-hybridized carbons (Fsp3) is 0.667. The molecule has 4 nitrogen and oxygen atoms in total. The Bertz CT molecular complexity index is 627. The minimum absolute atomic E-state index is 0.261. The highest BCUT2D eigenvalue weighted by Crippen LogP contribution is 2.42. The Morgan fingerprint density at radius 1 is 1.20 bits per heavy atom. The Hall–Kier alpha value is -1.55. The summed E-state index contributed by atoms with van der Waals surface area (Å²) in [7, 11) is 0. The number of carbonyl (C=O) groups is 1. The van der Waals surface area contributed by atoms with E-state index in [4.69, 9.17) is 0 Å². The third-order valence-corrected chi connectivity index (χ3v) is 6.66. The van der Waals surface area contributed by atoms with E-state index in [9.17, 15) is 4.79 Å². The van der Waals surface area contributed by atoms with Crippen molar-refractivity contribution in [2.75, 3.05) is 32.7 Å². The van der Waals surface area contributed by atoms with E-state index in [1.807, 2.05) is 4.90 Å². The molecule has 0 spiro atoms. The molecule has 3 aliphatic rings. The first kappa shape index (κ1) is 16.9. The summed E-state index contributed by atoms with van der Waals surface area (Å²) in [5, 5.41) is 0. The van der Waals surface area contributed by atoms with E-state index in [0.717, 1.165) is 39.0 Å². The van der Waals surface area contributed by atoms with Crippen LogP contribution in [0.1, 0.15) is 50.3 Å². The van der Waals surface area contributed by atoms with Crippen molar-refractivity contribution in [3.63, 3.8) is 0 Å². The Labute approximate surface area is 151 Å². The van der Waals surface area contributed by atoms with Crippen LogP contribution in [0.3, 0.4) is 0 Å². The summed E-state index contributed by atoms with van der Waals surface area (Å²) in [5.74, 6) is 0.648. The highest BCUT2D eigenvalue weighted by atomic mass is 16.2. The standard InChI is InChI=1S/C21H31N3O/c1-3-22(4-2)21(25)24-12-7-9-17-15-23-13-11-16-8-5-6-10-18(16)20(23)14-19(17)24/h5-6,8,10,17,19-20H,3-4,7,9,11-15H2,1-2H3. The number of fused-ring (bicyclic) bond motifs is 4. The molecule has 3 aliphatic heterocycles. The molecule has 3 heterocycles. The van der Waals surface area contributed by atoms with Crippen molar-refractivity contribution in [3.05, 3.63) is 35.4 Å². The van der Waals surface area contributed by atoms with Gasteiger partial charge in [-0.25, -0.2) is 4.79 Å². The van der Waals surface area contributed by atoms with Crippen LogP contribution in [0, 0.1) is 5.92 Å². The van der Waals surface area contributed by atoms with E-state index < -0.39 is 0 Å². The number of hydrogen-bond donors (Lipinski definition) is 0. The molecule has 0 aliphatic carbocycles. The smallest absolute Gasteiger partial charge is 0.320 e. The molecule has 25 heavy (non-hydrogen) atoms. The zero-order valence-corrected chi connectivity index (χ0v) is 15.7. The van der Waals surface area contributed by atoms with Gasteiger partial charge >= 0.3 is 6.03 Å². The molecule has 1 aromatic carbocycles. The second-order valence-corrected chi connectivity index (χ2v) is 7.81. The Morgan fingerprint density at radius 2 is 2.00 bits per heavy atom. The van der Waals surface area contributed by atoms with Crippen LogP contribution >= 0.6 is 0 Å². The lowest BCUT2D eigenvalue weighted by Gasteiger charge is -2.52. The summed E-state index contributed by atoms with van der Waals surface area (Å²) in [6.07, 6.45) is 4.71. The molecular formula is C21H31N3O. The van der Waals surface area contributed by atoms with Gasteiger partial charge in [-0.3, -0.25) is 4.90 Å². The van der Waals surface area contributed by atoms with Crippen LogP contribution < -0.4 is 0 Å². The van der Waals surface area contributed by atoms with E-state index >= 15 is 0 Å². The third-order valence-electron chi connectivity index (χ3n) is 6.66. The number of nitrogens with zero attached hydrogens (tertiary/aromatic N) is 3. The molecule has 0 aromatic heterocycles. The number of piperidine rings is 2. The van der Waals surface area contributed by atoms with Crippen LogP contribution in [0.25, 0.3) is 0 Å². The SMILES string of the molecule is CCN(CC)C(=O)N1CCCC2CN3CCc4ccccc4C3CC21. The molecule has 3 unspecified atom stereocenters. The first-order valence-corrected chi connectivity index (χ1v) is 10.1. The van der Waals surface area contributed by atoms with Gasteiger partial charge in [0.15, 0.2) is 0 Å². The number of hydrogen-bond acceptors (Lipinski definition) is 2. The van der Waals surface area contributed by atoms with Gasteiger partial charge in [0, 0.05) is 44.8 Å². The van der Waals surface area contributed by atoms with Crippen molar-refractivity contribution in [2.24, 2.45) is 5.92 Å². The van der Waals surface area contributed by atoms with Crippen LogP contribution in [0.2, 0.25) is 0 Å². The maximum absolute atomic E-state index is 13.1. The number of amides is 2. The molecule has 3 atom stereocenters. The molecular weight excluding hydrogens is 310 g/mol. The van der Waals surface area contributed by atoms with Crippen molar-refractivity contribution in [1.82, 2.24) is 14.7 Å². The third kappa shape index (κ3) is 2.95. The van der Waals surface area contributed by atoms with Gasteiger partial charge in [-0.05, 0) is 56.6 Å². The number of likely N-dealkylation sites (tertiary alicyclic amines) is 1. The summed E-state index contributed by atoms with van der Waals surface area (Å²) in [4.78, 5) is 20.0. The van der Waals surface area contributed by atoms with Crippen molar-refractivity contribution in [1.29, 1.82) is 0 Å². The van der Waals surface area contributed by atoms with Crippen LogP contribution in [0.15, 0.2) is 24.3 Å². The summed E-state index contributed by atoms with van der Waals surface area (Å²) in [6, 6.07) is 10.1. The largest absolute Gasteiger partial charge is 0.325 e. The van der Waals surface area contributed by atoms with E-state index in [2.05, 4.69) is 47.9 Å². The van der Waals surface area contributed by atoms with Crippen LogP contribution in [-0.4, -0.2) is 59.5 Å². The minimum Gasteiger partial charge on any atom is -0.325 e. The van der Waals surface area contributed by atoms with E-state index in [1.54, 1.807) is 0 Å². The molecule has 1 aromatic rings. The summed E-state index contributed by atoms with van der Waals surface area (Å²) in [6.45, 7) is 9.06. The first-order chi connectivity index (χ1) is 12.2. The molecule has 4 rings (SSSR count). The lowest BCUT2D eigenvalue weighted by molar-refractivity contribution is -0.000767. The summed E-state index contributed by atoms with van der Waals surface area (Å²) >= 11 is 0. The van der Waals surface area contributed by atoms with E-state index in [-0.39, 0.29) is 6.03 Å². The predicted octanol–water partition coefficient (Wildman–Crippen LogP) is 3.53. The quantitative estimate of drug-likeness (QED) is 0.823.